The molecule has 9 heteroatoms. The van der Waals surface area contributed by atoms with Crippen LogP contribution >= 0.6 is 11.3 Å². The molecule has 1 N–H and O–H groups in total. The van der Waals surface area contributed by atoms with Crippen molar-refractivity contribution >= 4 is 33.9 Å². The van der Waals surface area contributed by atoms with Crippen molar-refractivity contribution in [1.82, 2.24) is 4.98 Å². The van der Waals surface area contributed by atoms with Crippen molar-refractivity contribution in [3.05, 3.63) is 83.4 Å². The molecule has 2 aliphatic rings. The number of hydrogen-bond donors (Lipinski definition) is 1. The molecule has 3 aromatic rings. The van der Waals surface area contributed by atoms with Crippen LogP contribution in [0.5, 0.6) is 17.2 Å². The highest BCUT2D eigenvalue weighted by Gasteiger charge is 2.48. The summed E-state index contributed by atoms with van der Waals surface area (Å²) in [6.45, 7) is 4.76. The van der Waals surface area contributed by atoms with Gasteiger partial charge in [-0.2, -0.15) is 0 Å². The van der Waals surface area contributed by atoms with Crippen molar-refractivity contribution in [2.45, 2.75) is 6.04 Å². The van der Waals surface area contributed by atoms with E-state index in [-0.39, 0.29) is 11.3 Å². The average molecular weight is 477 g/mol. The summed E-state index contributed by atoms with van der Waals surface area (Å²) in [6.07, 6.45) is 3.18. The van der Waals surface area contributed by atoms with E-state index in [2.05, 4.69) is 11.6 Å². The van der Waals surface area contributed by atoms with Crippen LogP contribution in [0.1, 0.15) is 17.2 Å². The minimum atomic E-state index is -0.897. The maximum Gasteiger partial charge on any atom is 0.301 e. The number of fused-ring (bicyclic) bond motifs is 1. The lowest BCUT2D eigenvalue weighted by Gasteiger charge is -2.23. The first-order chi connectivity index (χ1) is 16.6. The quantitative estimate of drug-likeness (QED) is 0.247. The third kappa shape index (κ3) is 3.80. The molecule has 1 aromatic heterocycles. The summed E-state index contributed by atoms with van der Waals surface area (Å²) in [7, 11) is 0. The van der Waals surface area contributed by atoms with Crippen LogP contribution in [0.15, 0.2) is 72.3 Å². The van der Waals surface area contributed by atoms with Gasteiger partial charge in [0.05, 0.1) is 11.6 Å². The Labute approximate surface area is 199 Å². The fourth-order valence-electron chi connectivity index (χ4n) is 3.96. The maximum atomic E-state index is 13.2. The van der Waals surface area contributed by atoms with E-state index < -0.39 is 17.7 Å². The standard InChI is InChI=1S/C25H20N2O6S/c1-2-9-31-17-5-3-4-15(13-17)21-20(23(29)24(30)27(21)25-26-8-12-34-25)22(28)16-6-7-18-19(14-16)33-11-10-32-18/h2-8,12-14,21,28H,1,9-11H2/b22-20+/t21-/m1/s1. The van der Waals surface area contributed by atoms with E-state index in [0.29, 0.717) is 53.3 Å². The van der Waals surface area contributed by atoms with Gasteiger partial charge in [-0.3, -0.25) is 14.5 Å². The topological polar surface area (TPSA) is 98.2 Å². The van der Waals surface area contributed by atoms with Gasteiger partial charge in [0.1, 0.15) is 31.3 Å². The largest absolute Gasteiger partial charge is 0.507 e. The van der Waals surface area contributed by atoms with Gasteiger partial charge >= 0.3 is 5.91 Å². The maximum absolute atomic E-state index is 13.2. The van der Waals surface area contributed by atoms with Crippen LogP contribution in [0.4, 0.5) is 5.13 Å². The molecule has 1 amide bonds. The molecule has 0 aliphatic carbocycles. The molecular formula is C25H20N2O6S. The monoisotopic (exact) mass is 476 g/mol. The number of ether oxygens (including phenoxy) is 3. The molecule has 1 saturated heterocycles. The minimum absolute atomic E-state index is 0.0438. The van der Waals surface area contributed by atoms with Gasteiger partial charge in [-0.15, -0.1) is 11.3 Å². The highest BCUT2D eigenvalue weighted by molar-refractivity contribution is 7.14. The Kier molecular flexibility index (Phi) is 5.77. The second-order valence-corrected chi connectivity index (χ2v) is 8.39. The molecule has 1 fully saturated rings. The number of thiazole rings is 1. The number of rotatable bonds is 6. The summed E-state index contributed by atoms with van der Waals surface area (Å²) in [4.78, 5) is 31.9. The van der Waals surface area contributed by atoms with Crippen LogP contribution < -0.4 is 19.1 Å². The second-order valence-electron chi connectivity index (χ2n) is 7.51. The van der Waals surface area contributed by atoms with Crippen molar-refractivity contribution in [2.75, 3.05) is 24.7 Å². The van der Waals surface area contributed by atoms with Crippen LogP contribution in [-0.4, -0.2) is 41.6 Å². The van der Waals surface area contributed by atoms with Gasteiger partial charge in [0.15, 0.2) is 16.6 Å². The van der Waals surface area contributed by atoms with Gasteiger partial charge in [0.25, 0.3) is 5.78 Å². The lowest BCUT2D eigenvalue weighted by Crippen LogP contribution is -2.29. The van der Waals surface area contributed by atoms with Crippen molar-refractivity contribution in [1.29, 1.82) is 0 Å². The van der Waals surface area contributed by atoms with Gasteiger partial charge in [-0.05, 0) is 35.9 Å². The Morgan fingerprint density at radius 2 is 2.03 bits per heavy atom. The molecule has 0 unspecified atom stereocenters. The SMILES string of the molecule is C=CCOc1cccc([C@@H]2/C(=C(\O)c3ccc4c(c3)OCCO4)C(=O)C(=O)N2c2nccs2)c1. The van der Waals surface area contributed by atoms with Gasteiger partial charge in [-0.25, -0.2) is 4.98 Å². The molecule has 5 rings (SSSR count). The van der Waals surface area contributed by atoms with E-state index in [1.807, 2.05) is 0 Å². The summed E-state index contributed by atoms with van der Waals surface area (Å²) in [5.41, 5.74) is 0.887. The molecule has 2 aliphatic heterocycles. The van der Waals surface area contributed by atoms with Crippen LogP contribution in [-0.2, 0) is 9.59 Å². The Hall–Kier alpha value is -4.11. The third-order valence-electron chi connectivity index (χ3n) is 5.43. The number of Topliss-reactive ketones (excluding diaryl/α,β-unsaturated/α-hetero) is 1. The fourth-order valence-corrected chi connectivity index (χ4v) is 4.62. The van der Waals surface area contributed by atoms with Crippen molar-refractivity contribution in [3.63, 3.8) is 0 Å². The molecule has 34 heavy (non-hydrogen) atoms. The third-order valence-corrected chi connectivity index (χ3v) is 6.20. The highest BCUT2D eigenvalue weighted by Crippen LogP contribution is 2.44. The van der Waals surface area contributed by atoms with Crippen LogP contribution in [0.25, 0.3) is 5.76 Å². The van der Waals surface area contributed by atoms with Crippen LogP contribution in [0.3, 0.4) is 0 Å². The number of ketones is 1. The zero-order valence-corrected chi connectivity index (χ0v) is 18.8. The predicted octanol–water partition coefficient (Wildman–Crippen LogP) is 4.11. The molecule has 0 bridgehead atoms. The smallest absolute Gasteiger partial charge is 0.301 e. The van der Waals surface area contributed by atoms with E-state index >= 15 is 0 Å². The van der Waals surface area contributed by atoms with Gasteiger partial charge in [-0.1, -0.05) is 24.8 Å². The van der Waals surface area contributed by atoms with Crippen molar-refractivity contribution in [2.24, 2.45) is 0 Å². The lowest BCUT2D eigenvalue weighted by molar-refractivity contribution is -0.132. The molecule has 8 nitrogen and oxygen atoms in total. The predicted molar refractivity (Wildman–Crippen MR) is 126 cm³/mol. The number of carbonyl (C=O) groups is 2. The number of aliphatic hydroxyl groups excluding tert-OH is 1. The first kappa shape index (κ1) is 21.7. The van der Waals surface area contributed by atoms with E-state index in [4.69, 9.17) is 14.2 Å². The number of nitrogens with zero attached hydrogens (tertiary/aromatic N) is 2. The number of anilines is 1. The number of benzene rings is 2. The van der Waals surface area contributed by atoms with Gasteiger partial charge in [0.2, 0.25) is 0 Å². The first-order valence-electron chi connectivity index (χ1n) is 10.5. The summed E-state index contributed by atoms with van der Waals surface area (Å²) < 4.78 is 16.8. The number of hydrogen-bond acceptors (Lipinski definition) is 8. The zero-order chi connectivity index (χ0) is 23.7. The fraction of sp³-hybridized carbons (Fsp3) is 0.160. The van der Waals surface area contributed by atoms with E-state index in [1.165, 1.54) is 16.2 Å². The molecule has 0 spiro atoms. The number of amides is 1. The zero-order valence-electron chi connectivity index (χ0n) is 18.0. The molecular weight excluding hydrogens is 456 g/mol. The number of aromatic nitrogens is 1. The molecule has 1 atom stereocenters. The molecule has 0 radical (unpaired) electrons. The first-order valence-corrected chi connectivity index (χ1v) is 11.4. The molecule has 3 heterocycles. The van der Waals surface area contributed by atoms with Crippen molar-refractivity contribution < 1.29 is 28.9 Å². The van der Waals surface area contributed by atoms with Gasteiger partial charge < -0.3 is 19.3 Å². The van der Waals surface area contributed by atoms with Crippen LogP contribution in [0.2, 0.25) is 0 Å². The van der Waals surface area contributed by atoms with Crippen molar-refractivity contribution in [3.8, 4) is 17.2 Å². The molecule has 172 valence electrons. The van der Waals surface area contributed by atoms with Crippen LogP contribution in [0, 0.1) is 0 Å². The Balaban J connectivity index is 1.66. The second kappa shape index (κ2) is 9.03. The summed E-state index contributed by atoms with van der Waals surface area (Å²) >= 11 is 1.23. The van der Waals surface area contributed by atoms with E-state index in [9.17, 15) is 14.7 Å². The summed E-state index contributed by atoms with van der Waals surface area (Å²) in [5, 5.41) is 13.4. The summed E-state index contributed by atoms with van der Waals surface area (Å²) in [6, 6.07) is 11.0. The van der Waals surface area contributed by atoms with E-state index in [0.717, 1.165) is 0 Å². The summed E-state index contributed by atoms with van der Waals surface area (Å²) in [5.74, 6) is -0.324. The Bertz CT molecular complexity index is 1300. The Morgan fingerprint density at radius 1 is 1.21 bits per heavy atom. The Morgan fingerprint density at radius 3 is 2.79 bits per heavy atom. The highest BCUT2D eigenvalue weighted by atomic mass is 32.1. The average Bonchev–Trinajstić information content (AvgIpc) is 3.49. The normalized spacial score (nSPS) is 18.7. The minimum Gasteiger partial charge on any atom is -0.507 e. The molecule has 2 aromatic carbocycles. The number of aliphatic hydroxyl groups is 1. The van der Waals surface area contributed by atoms with E-state index in [1.54, 1.807) is 60.1 Å². The molecule has 0 saturated carbocycles. The van der Waals surface area contributed by atoms with Gasteiger partial charge in [0, 0.05) is 17.1 Å². The lowest BCUT2D eigenvalue weighted by atomic mass is 9.95. The number of carbonyl (C=O) groups excluding carboxylic acids is 2.